The molecule has 0 saturated heterocycles. The summed E-state index contributed by atoms with van der Waals surface area (Å²) in [6, 6.07) is 27.1. The molecule has 2 atom stereocenters. The number of rotatable bonds is 5. The van der Waals surface area contributed by atoms with Crippen LogP contribution in [0.1, 0.15) is 43.5 Å². The topological polar surface area (TPSA) is 29.1 Å². The van der Waals surface area contributed by atoms with Crippen molar-refractivity contribution in [3.8, 4) is 11.8 Å². The van der Waals surface area contributed by atoms with Crippen LogP contribution in [-0.4, -0.2) is 8.96 Å². The molecule has 0 aliphatic carbocycles. The minimum absolute atomic E-state index is 0.379. The lowest BCUT2D eigenvalue weighted by molar-refractivity contribution is 0.624. The Hall–Kier alpha value is -2.64. The fourth-order valence-electron chi connectivity index (χ4n) is 2.87. The highest BCUT2D eigenvalue weighted by molar-refractivity contribution is 7.84. The Morgan fingerprint density at radius 3 is 2.23 bits per heavy atom. The summed E-state index contributed by atoms with van der Waals surface area (Å²) in [6.07, 6.45) is 2.04. The predicted octanol–water partition coefficient (Wildman–Crippen LogP) is 6.57. The highest BCUT2D eigenvalue weighted by Crippen LogP contribution is 2.28. The molecule has 0 saturated carbocycles. The number of hydrogen-bond donors (Lipinski definition) is 1. The van der Waals surface area contributed by atoms with Gasteiger partial charge >= 0.3 is 0 Å². The van der Waals surface area contributed by atoms with Gasteiger partial charge in [-0.25, -0.2) is 8.93 Å². The Bertz CT molecular complexity index is 1120. The average molecular weight is 448 g/mol. The van der Waals surface area contributed by atoms with Gasteiger partial charge in [0.2, 0.25) is 0 Å². The molecule has 0 heterocycles. The van der Waals surface area contributed by atoms with E-state index in [-0.39, 0.29) is 6.04 Å². The first-order valence-corrected chi connectivity index (χ1v) is 11.6. The maximum absolute atomic E-state index is 13.1. The zero-order valence-corrected chi connectivity index (χ0v) is 19.5. The van der Waals surface area contributed by atoms with Gasteiger partial charge in [-0.2, -0.15) is 0 Å². The van der Waals surface area contributed by atoms with Gasteiger partial charge in [0.05, 0.1) is 21.8 Å². The smallest absolute Gasteiger partial charge is 0.0979 e. The van der Waals surface area contributed by atoms with E-state index < -0.39 is 15.7 Å². The highest BCUT2D eigenvalue weighted by atomic mass is 35.5. The SMILES string of the molecule is CC(C)(C)S(=O)N[C@@H](/C(C#Cc1ccccc1)=C/c1ccccc1)c1cccc(Cl)c1. The van der Waals surface area contributed by atoms with E-state index >= 15 is 0 Å². The summed E-state index contributed by atoms with van der Waals surface area (Å²) in [6.45, 7) is 5.84. The molecule has 0 spiro atoms. The molecule has 158 valence electrons. The molecule has 0 aliphatic heterocycles. The number of nitrogens with one attached hydrogen (secondary N) is 1. The molecule has 4 heteroatoms. The Morgan fingerprint density at radius 2 is 1.61 bits per heavy atom. The second-order valence-corrected chi connectivity index (χ2v) is 10.5. The Kier molecular flexibility index (Phi) is 7.87. The Balaban J connectivity index is 2.13. The second-order valence-electron chi connectivity index (χ2n) is 8.11. The monoisotopic (exact) mass is 447 g/mol. The standard InChI is InChI=1S/C27H26ClNOS/c1-27(2,3)31(30)29-26(23-15-10-16-25(28)20-23)24(19-22-13-8-5-9-14-22)18-17-21-11-6-4-7-12-21/h4-16,19-20,26,29H,1-3H3/b24-19+/t26-,31?/m1/s1. The van der Waals surface area contributed by atoms with Crippen LogP contribution in [0.25, 0.3) is 6.08 Å². The Morgan fingerprint density at radius 1 is 0.968 bits per heavy atom. The van der Waals surface area contributed by atoms with E-state index in [1.165, 1.54) is 0 Å². The van der Waals surface area contributed by atoms with Crippen LogP contribution in [0.4, 0.5) is 0 Å². The van der Waals surface area contributed by atoms with E-state index in [2.05, 4.69) is 16.6 Å². The van der Waals surface area contributed by atoms with Gasteiger partial charge in [0.15, 0.2) is 0 Å². The fraction of sp³-hybridized carbons (Fsp3) is 0.185. The third-order valence-corrected chi connectivity index (χ3v) is 6.32. The van der Waals surface area contributed by atoms with Crippen molar-refractivity contribution in [1.82, 2.24) is 4.72 Å². The van der Waals surface area contributed by atoms with E-state index in [0.717, 1.165) is 22.3 Å². The first kappa shape index (κ1) is 23.0. The van der Waals surface area contributed by atoms with E-state index in [9.17, 15) is 4.21 Å². The van der Waals surface area contributed by atoms with Gasteiger partial charge in [0, 0.05) is 16.2 Å². The van der Waals surface area contributed by atoms with Crippen LogP contribution in [0, 0.1) is 11.8 Å². The van der Waals surface area contributed by atoms with Crippen molar-refractivity contribution < 1.29 is 4.21 Å². The van der Waals surface area contributed by atoms with E-state index in [1.807, 2.05) is 112 Å². The van der Waals surface area contributed by atoms with Crippen molar-refractivity contribution in [2.24, 2.45) is 0 Å². The summed E-state index contributed by atoms with van der Waals surface area (Å²) in [7, 11) is -1.30. The molecular formula is C27H26ClNOS. The molecule has 0 bridgehead atoms. The van der Waals surface area contributed by atoms with Gasteiger partial charge in [-0.3, -0.25) is 0 Å². The molecule has 0 radical (unpaired) electrons. The minimum Gasteiger partial charge on any atom is -0.242 e. The van der Waals surface area contributed by atoms with Crippen LogP contribution in [0.3, 0.4) is 0 Å². The van der Waals surface area contributed by atoms with Crippen LogP contribution >= 0.6 is 11.6 Å². The average Bonchev–Trinajstić information content (AvgIpc) is 2.75. The van der Waals surface area contributed by atoms with Crippen LogP contribution in [0.2, 0.25) is 5.02 Å². The normalized spacial score (nSPS) is 13.7. The van der Waals surface area contributed by atoms with Gasteiger partial charge in [0.1, 0.15) is 0 Å². The molecule has 1 N–H and O–H groups in total. The molecule has 3 aromatic carbocycles. The molecular weight excluding hydrogens is 422 g/mol. The molecule has 2 nitrogen and oxygen atoms in total. The number of halogens is 1. The zero-order valence-electron chi connectivity index (χ0n) is 17.9. The summed E-state index contributed by atoms with van der Waals surface area (Å²) in [5, 5.41) is 0.626. The van der Waals surface area contributed by atoms with Gasteiger partial charge < -0.3 is 0 Å². The quantitative estimate of drug-likeness (QED) is 0.440. The van der Waals surface area contributed by atoms with Crippen molar-refractivity contribution in [3.05, 3.63) is 112 Å². The van der Waals surface area contributed by atoms with Gasteiger partial charge in [0.25, 0.3) is 0 Å². The lowest BCUT2D eigenvalue weighted by Gasteiger charge is -2.25. The fourth-order valence-corrected chi connectivity index (χ4v) is 3.90. The first-order valence-electron chi connectivity index (χ1n) is 10.1. The molecule has 31 heavy (non-hydrogen) atoms. The van der Waals surface area contributed by atoms with Crippen LogP contribution in [-0.2, 0) is 11.0 Å². The van der Waals surface area contributed by atoms with Crippen LogP contribution < -0.4 is 4.72 Å². The molecule has 0 fully saturated rings. The second kappa shape index (κ2) is 10.6. The van der Waals surface area contributed by atoms with Gasteiger partial charge in [-0.1, -0.05) is 84.1 Å². The number of hydrogen-bond acceptors (Lipinski definition) is 1. The largest absolute Gasteiger partial charge is 0.242 e. The van der Waals surface area contributed by atoms with Crippen molar-refractivity contribution >= 4 is 28.7 Å². The molecule has 0 aromatic heterocycles. The maximum Gasteiger partial charge on any atom is 0.0979 e. The third-order valence-electron chi connectivity index (χ3n) is 4.52. The van der Waals surface area contributed by atoms with E-state index in [0.29, 0.717) is 5.02 Å². The van der Waals surface area contributed by atoms with Crippen molar-refractivity contribution in [3.63, 3.8) is 0 Å². The highest BCUT2D eigenvalue weighted by Gasteiger charge is 2.25. The van der Waals surface area contributed by atoms with Crippen molar-refractivity contribution in [2.75, 3.05) is 0 Å². The molecule has 0 amide bonds. The molecule has 3 aromatic rings. The first-order chi connectivity index (χ1) is 14.8. The van der Waals surface area contributed by atoms with Crippen molar-refractivity contribution in [2.45, 2.75) is 31.6 Å². The van der Waals surface area contributed by atoms with E-state index in [1.54, 1.807) is 0 Å². The summed E-state index contributed by atoms with van der Waals surface area (Å²) < 4.78 is 15.9. The third kappa shape index (κ3) is 6.94. The molecule has 0 aliphatic rings. The Labute approximate surface area is 193 Å². The van der Waals surface area contributed by atoms with Crippen LogP contribution in [0.5, 0.6) is 0 Å². The zero-order chi connectivity index (χ0) is 22.3. The summed E-state index contributed by atoms with van der Waals surface area (Å²) >= 11 is 6.29. The minimum atomic E-state index is -1.30. The lowest BCUT2D eigenvalue weighted by atomic mass is 9.97. The van der Waals surface area contributed by atoms with Crippen molar-refractivity contribution in [1.29, 1.82) is 0 Å². The summed E-state index contributed by atoms with van der Waals surface area (Å²) in [5.74, 6) is 6.58. The van der Waals surface area contributed by atoms with E-state index in [4.69, 9.17) is 11.6 Å². The van der Waals surface area contributed by atoms with Crippen LogP contribution in [0.15, 0.2) is 90.5 Å². The van der Waals surface area contributed by atoms with Gasteiger partial charge in [-0.05, 0) is 62.2 Å². The number of benzene rings is 3. The molecule has 3 rings (SSSR count). The maximum atomic E-state index is 13.1. The summed E-state index contributed by atoms with van der Waals surface area (Å²) in [4.78, 5) is 0. The van der Waals surface area contributed by atoms with Gasteiger partial charge in [-0.15, -0.1) is 0 Å². The molecule has 1 unspecified atom stereocenters. The lowest BCUT2D eigenvalue weighted by Crippen LogP contribution is -2.36. The predicted molar refractivity (Wildman–Crippen MR) is 133 cm³/mol. The summed E-state index contributed by atoms with van der Waals surface area (Å²) in [5.41, 5.74) is 3.67.